The summed E-state index contributed by atoms with van der Waals surface area (Å²) in [4.78, 5) is 21.6. The zero-order valence-corrected chi connectivity index (χ0v) is 14.5. The molecule has 0 unspecified atom stereocenters. The average Bonchev–Trinajstić information content (AvgIpc) is 3.27. The molecule has 1 aromatic rings. The quantitative estimate of drug-likeness (QED) is 0.846. The molecule has 3 atom stereocenters. The Labute approximate surface area is 144 Å². The number of hydrogen-bond donors (Lipinski definition) is 0. The van der Waals surface area contributed by atoms with Crippen molar-refractivity contribution in [3.63, 3.8) is 0 Å². The molecule has 1 aliphatic carbocycles. The van der Waals surface area contributed by atoms with Crippen molar-refractivity contribution in [2.24, 2.45) is 5.92 Å². The van der Waals surface area contributed by atoms with E-state index in [9.17, 15) is 4.79 Å². The molecule has 3 heterocycles. The Morgan fingerprint density at radius 1 is 1.04 bits per heavy atom. The minimum Gasteiger partial charge on any atom is -0.338 e. The van der Waals surface area contributed by atoms with Crippen LogP contribution >= 0.6 is 0 Å². The summed E-state index contributed by atoms with van der Waals surface area (Å²) in [6.45, 7) is 3.44. The van der Waals surface area contributed by atoms with E-state index in [1.54, 1.807) is 12.7 Å². The molecule has 132 valence electrons. The highest BCUT2D eigenvalue weighted by Crippen LogP contribution is 2.35. The molecule has 0 bridgehead atoms. The largest absolute Gasteiger partial charge is 0.338 e. The Hall–Kier alpha value is -1.43. The molecule has 1 amide bonds. The molecule has 2 saturated heterocycles. The van der Waals surface area contributed by atoms with Crippen LogP contribution in [-0.4, -0.2) is 62.2 Å². The third kappa shape index (κ3) is 3.34. The minimum atomic E-state index is 0.358. The van der Waals surface area contributed by atoms with Crippen molar-refractivity contribution in [2.75, 3.05) is 19.6 Å². The summed E-state index contributed by atoms with van der Waals surface area (Å²) in [6, 6.07) is 0.943. The molecular weight excluding hydrogens is 302 g/mol. The average molecular weight is 331 g/mol. The van der Waals surface area contributed by atoms with Crippen LogP contribution in [0.25, 0.3) is 0 Å². The van der Waals surface area contributed by atoms with Gasteiger partial charge in [0.05, 0.1) is 13.1 Å². The lowest BCUT2D eigenvalue weighted by Crippen LogP contribution is -2.53. The summed E-state index contributed by atoms with van der Waals surface area (Å²) in [6.07, 6.45) is 13.4. The van der Waals surface area contributed by atoms with Crippen molar-refractivity contribution in [1.29, 1.82) is 0 Å². The standard InChI is InChI=1S/C18H29N5O/c24-18(23-10-3-6-15-5-1-2-8-17(15)23)12-21-9-4-7-16(21)11-22-14-19-13-20-22/h13-17H,1-12H2/t15-,16-,17+/m1/s1. The molecule has 0 aromatic carbocycles. The number of piperidine rings is 1. The number of fused-ring (bicyclic) bond motifs is 1. The van der Waals surface area contributed by atoms with Crippen molar-refractivity contribution in [2.45, 2.75) is 70.0 Å². The number of aromatic nitrogens is 3. The van der Waals surface area contributed by atoms with Crippen LogP contribution in [0.15, 0.2) is 12.7 Å². The molecule has 0 N–H and O–H groups in total. The van der Waals surface area contributed by atoms with Gasteiger partial charge in [-0.3, -0.25) is 14.4 Å². The predicted molar refractivity (Wildman–Crippen MR) is 91.3 cm³/mol. The number of hydrogen-bond acceptors (Lipinski definition) is 4. The van der Waals surface area contributed by atoms with Gasteiger partial charge in [-0.25, -0.2) is 4.98 Å². The molecule has 1 saturated carbocycles. The molecule has 4 rings (SSSR count). The first-order chi connectivity index (χ1) is 11.8. The predicted octanol–water partition coefficient (Wildman–Crippen LogP) is 1.92. The first kappa shape index (κ1) is 16.1. The van der Waals surface area contributed by atoms with Crippen LogP contribution in [0, 0.1) is 5.92 Å². The Balaban J connectivity index is 1.37. The third-order valence-corrected chi connectivity index (χ3v) is 6.27. The number of likely N-dealkylation sites (tertiary alicyclic amines) is 2. The summed E-state index contributed by atoms with van der Waals surface area (Å²) in [5.41, 5.74) is 0. The lowest BCUT2D eigenvalue weighted by Gasteiger charge is -2.44. The van der Waals surface area contributed by atoms with Gasteiger partial charge in [-0.15, -0.1) is 0 Å². The lowest BCUT2D eigenvalue weighted by molar-refractivity contribution is -0.139. The van der Waals surface area contributed by atoms with Gasteiger partial charge in [0.1, 0.15) is 12.7 Å². The smallest absolute Gasteiger partial charge is 0.237 e. The van der Waals surface area contributed by atoms with E-state index in [4.69, 9.17) is 0 Å². The second-order valence-corrected chi connectivity index (χ2v) is 7.73. The molecule has 24 heavy (non-hydrogen) atoms. The van der Waals surface area contributed by atoms with Gasteiger partial charge in [-0.1, -0.05) is 12.8 Å². The normalized spacial score (nSPS) is 31.2. The van der Waals surface area contributed by atoms with Gasteiger partial charge < -0.3 is 4.90 Å². The number of amides is 1. The summed E-state index contributed by atoms with van der Waals surface area (Å²) in [7, 11) is 0. The fourth-order valence-electron chi connectivity index (χ4n) is 5.05. The topological polar surface area (TPSA) is 54.3 Å². The Morgan fingerprint density at radius 3 is 2.75 bits per heavy atom. The fourth-order valence-corrected chi connectivity index (χ4v) is 5.05. The number of carbonyl (C=O) groups excluding carboxylic acids is 1. The van der Waals surface area contributed by atoms with Crippen molar-refractivity contribution in [3.8, 4) is 0 Å². The van der Waals surface area contributed by atoms with Gasteiger partial charge >= 0.3 is 0 Å². The lowest BCUT2D eigenvalue weighted by atomic mass is 9.78. The minimum absolute atomic E-state index is 0.358. The zero-order valence-electron chi connectivity index (χ0n) is 14.5. The molecule has 2 aliphatic heterocycles. The third-order valence-electron chi connectivity index (χ3n) is 6.27. The molecule has 1 aromatic heterocycles. The Kier molecular flexibility index (Phi) is 4.83. The maximum absolute atomic E-state index is 13.0. The van der Waals surface area contributed by atoms with Gasteiger partial charge in [0.25, 0.3) is 0 Å². The molecule has 6 heteroatoms. The molecule has 6 nitrogen and oxygen atoms in total. The second kappa shape index (κ2) is 7.21. The number of carbonyl (C=O) groups is 1. The van der Waals surface area contributed by atoms with Crippen LogP contribution in [0.1, 0.15) is 51.4 Å². The number of nitrogens with zero attached hydrogens (tertiary/aromatic N) is 5. The van der Waals surface area contributed by atoms with Crippen LogP contribution in [0.5, 0.6) is 0 Å². The van der Waals surface area contributed by atoms with Gasteiger partial charge in [-0.05, 0) is 51.0 Å². The zero-order chi connectivity index (χ0) is 16.4. The van der Waals surface area contributed by atoms with Crippen molar-refractivity contribution in [3.05, 3.63) is 12.7 Å². The SMILES string of the molecule is O=C(CN1CCC[C@@H]1Cn1cncn1)N1CCC[C@H]2CCCC[C@@H]21. The summed E-state index contributed by atoms with van der Waals surface area (Å²) < 4.78 is 1.89. The van der Waals surface area contributed by atoms with Gasteiger partial charge in [0, 0.05) is 18.6 Å². The van der Waals surface area contributed by atoms with Crippen molar-refractivity contribution >= 4 is 5.91 Å². The monoisotopic (exact) mass is 331 g/mol. The van der Waals surface area contributed by atoms with E-state index in [1.165, 1.54) is 44.9 Å². The van der Waals surface area contributed by atoms with Gasteiger partial charge in [0.2, 0.25) is 5.91 Å². The summed E-state index contributed by atoms with van der Waals surface area (Å²) >= 11 is 0. The van der Waals surface area contributed by atoms with E-state index in [-0.39, 0.29) is 0 Å². The van der Waals surface area contributed by atoms with Crippen LogP contribution in [0.2, 0.25) is 0 Å². The first-order valence-electron chi connectivity index (χ1n) is 9.67. The van der Waals surface area contributed by atoms with Gasteiger partial charge in [0.15, 0.2) is 0 Å². The van der Waals surface area contributed by atoms with E-state index in [0.29, 0.717) is 24.5 Å². The van der Waals surface area contributed by atoms with E-state index < -0.39 is 0 Å². The van der Waals surface area contributed by atoms with E-state index in [2.05, 4.69) is 19.9 Å². The fraction of sp³-hybridized carbons (Fsp3) is 0.833. The molecule has 3 fully saturated rings. The molecule has 0 spiro atoms. The summed E-state index contributed by atoms with van der Waals surface area (Å²) in [5.74, 6) is 1.12. The van der Waals surface area contributed by atoms with Crippen molar-refractivity contribution < 1.29 is 4.79 Å². The molecule has 0 radical (unpaired) electrons. The van der Waals surface area contributed by atoms with E-state index in [0.717, 1.165) is 32.0 Å². The maximum atomic E-state index is 13.0. The van der Waals surface area contributed by atoms with Crippen LogP contribution in [0.3, 0.4) is 0 Å². The van der Waals surface area contributed by atoms with Gasteiger partial charge in [-0.2, -0.15) is 5.10 Å². The first-order valence-corrected chi connectivity index (χ1v) is 9.67. The van der Waals surface area contributed by atoms with Crippen LogP contribution < -0.4 is 0 Å². The number of rotatable bonds is 4. The van der Waals surface area contributed by atoms with E-state index >= 15 is 0 Å². The van der Waals surface area contributed by atoms with Crippen molar-refractivity contribution in [1.82, 2.24) is 24.6 Å². The molecular formula is C18H29N5O. The van der Waals surface area contributed by atoms with Crippen LogP contribution in [0.4, 0.5) is 0 Å². The maximum Gasteiger partial charge on any atom is 0.237 e. The van der Waals surface area contributed by atoms with E-state index in [1.807, 2.05) is 4.68 Å². The highest BCUT2D eigenvalue weighted by Gasteiger charge is 2.37. The van der Waals surface area contributed by atoms with Crippen LogP contribution in [-0.2, 0) is 11.3 Å². The Morgan fingerprint density at radius 2 is 1.88 bits per heavy atom. The Bertz CT molecular complexity index is 544. The second-order valence-electron chi connectivity index (χ2n) is 7.73. The molecule has 3 aliphatic rings. The highest BCUT2D eigenvalue weighted by molar-refractivity contribution is 5.78. The summed E-state index contributed by atoms with van der Waals surface area (Å²) in [5, 5.41) is 4.22. The highest BCUT2D eigenvalue weighted by atomic mass is 16.2.